The van der Waals surface area contributed by atoms with Crippen LogP contribution in [-0.4, -0.2) is 40.2 Å². The van der Waals surface area contributed by atoms with Gasteiger partial charge in [-0.1, -0.05) is 35.9 Å². The fraction of sp³-hybridized carbons (Fsp3) is 0.154. The number of hydrogen-bond acceptors (Lipinski definition) is 6. The number of methoxy groups -OCH3 is 1. The number of rotatable bonds is 7. The van der Waals surface area contributed by atoms with E-state index in [1.165, 1.54) is 50.6 Å². The average molecular weight is 546 g/mol. The van der Waals surface area contributed by atoms with E-state index in [-0.39, 0.29) is 38.8 Å². The van der Waals surface area contributed by atoms with Crippen LogP contribution in [-0.2, 0) is 11.0 Å². The van der Waals surface area contributed by atoms with Gasteiger partial charge < -0.3 is 14.6 Å². The molecular weight excluding hydrogens is 527 g/mol. The van der Waals surface area contributed by atoms with Crippen LogP contribution in [0.3, 0.4) is 0 Å². The lowest BCUT2D eigenvalue weighted by atomic mass is 10.1. The van der Waals surface area contributed by atoms with Crippen LogP contribution < -0.4 is 15.0 Å². The molecule has 0 saturated heterocycles. The lowest BCUT2D eigenvalue weighted by Crippen LogP contribution is -2.23. The summed E-state index contributed by atoms with van der Waals surface area (Å²) in [5.41, 5.74) is -0.864. The summed E-state index contributed by atoms with van der Waals surface area (Å²) < 4.78 is 51.6. The summed E-state index contributed by atoms with van der Waals surface area (Å²) in [6, 6.07) is 13.7. The Hall–Kier alpha value is -4.38. The number of carboxylic acids is 1. The van der Waals surface area contributed by atoms with Crippen LogP contribution in [0.1, 0.15) is 18.1 Å². The van der Waals surface area contributed by atoms with Gasteiger partial charge in [0, 0.05) is 5.56 Å². The van der Waals surface area contributed by atoms with E-state index in [0.29, 0.717) is 5.56 Å². The normalized spacial score (nSPS) is 12.6. The summed E-state index contributed by atoms with van der Waals surface area (Å²) in [7, 11) is 1.33. The standard InChI is InChI=1S/C26H19ClF3N3O5/c1-14(25(35)36)38-22-19(27)10-15(11-21(22)37-2)13-31-33-23(16-6-5-7-17(12-16)26(28,29)30)32-20-9-4-3-8-18(20)24(33)34/h3-14H,1-2H3,(H,35,36)/t14-/m1/s1. The van der Waals surface area contributed by atoms with Gasteiger partial charge in [-0.3, -0.25) is 4.79 Å². The smallest absolute Gasteiger partial charge is 0.416 e. The highest BCUT2D eigenvalue weighted by Crippen LogP contribution is 2.37. The summed E-state index contributed by atoms with van der Waals surface area (Å²) in [5.74, 6) is -1.21. The third-order valence-corrected chi connectivity index (χ3v) is 5.70. The molecule has 1 N–H and O–H groups in total. The molecule has 4 rings (SSSR count). The van der Waals surface area contributed by atoms with Crippen LogP contribution in [0.15, 0.2) is 70.6 Å². The number of aromatic nitrogens is 2. The first-order chi connectivity index (χ1) is 18.0. The van der Waals surface area contributed by atoms with Crippen LogP contribution in [0.25, 0.3) is 22.3 Å². The number of carboxylic acid groups (broad SMARTS) is 1. The fourth-order valence-electron chi connectivity index (χ4n) is 3.53. The van der Waals surface area contributed by atoms with E-state index < -0.39 is 29.4 Å². The van der Waals surface area contributed by atoms with Gasteiger partial charge in [0.2, 0.25) is 0 Å². The number of ether oxygens (including phenoxy) is 2. The highest BCUT2D eigenvalue weighted by molar-refractivity contribution is 6.32. The second-order valence-electron chi connectivity index (χ2n) is 8.03. The summed E-state index contributed by atoms with van der Waals surface area (Å²) in [6.45, 7) is 1.32. The Morgan fingerprint density at radius 3 is 2.58 bits per heavy atom. The van der Waals surface area contributed by atoms with Gasteiger partial charge >= 0.3 is 12.1 Å². The Balaban J connectivity index is 1.85. The number of alkyl halides is 3. The van der Waals surface area contributed by atoms with Crippen LogP contribution in [0, 0.1) is 0 Å². The molecule has 0 unspecified atom stereocenters. The number of hydrogen-bond donors (Lipinski definition) is 1. The number of benzene rings is 3. The quantitative estimate of drug-likeness (QED) is 0.309. The third kappa shape index (κ3) is 5.47. The Kier molecular flexibility index (Phi) is 7.40. The predicted molar refractivity (Wildman–Crippen MR) is 135 cm³/mol. The maximum Gasteiger partial charge on any atom is 0.416 e. The monoisotopic (exact) mass is 545 g/mol. The van der Waals surface area contributed by atoms with E-state index in [0.717, 1.165) is 16.8 Å². The largest absolute Gasteiger partial charge is 0.493 e. The minimum Gasteiger partial charge on any atom is -0.493 e. The number of nitrogens with zero attached hydrogens (tertiary/aromatic N) is 3. The maximum absolute atomic E-state index is 13.4. The molecule has 0 aliphatic rings. The zero-order valence-electron chi connectivity index (χ0n) is 19.9. The SMILES string of the molecule is COc1cc(C=Nn2c(-c3cccc(C(F)(F)F)c3)nc3ccccc3c2=O)cc(Cl)c1O[C@H](C)C(=O)O. The lowest BCUT2D eigenvalue weighted by molar-refractivity contribution is -0.144. The molecule has 38 heavy (non-hydrogen) atoms. The predicted octanol–water partition coefficient (Wildman–Crippen LogP) is 5.48. The van der Waals surface area contributed by atoms with Crippen molar-refractivity contribution in [2.75, 3.05) is 7.11 Å². The molecule has 0 amide bonds. The molecule has 0 fully saturated rings. The number of fused-ring (bicyclic) bond motifs is 1. The second kappa shape index (κ2) is 10.5. The van der Waals surface area contributed by atoms with Gasteiger partial charge in [0.25, 0.3) is 5.56 Å². The van der Waals surface area contributed by atoms with Crippen LogP contribution in [0.2, 0.25) is 5.02 Å². The Bertz CT molecular complexity index is 1620. The first-order valence-corrected chi connectivity index (χ1v) is 11.4. The Labute approximate surface area is 218 Å². The van der Waals surface area contributed by atoms with Crippen molar-refractivity contribution in [2.24, 2.45) is 5.10 Å². The molecule has 1 heterocycles. The third-order valence-electron chi connectivity index (χ3n) is 5.42. The van der Waals surface area contributed by atoms with Crippen molar-refractivity contribution in [3.05, 3.63) is 87.2 Å². The molecule has 196 valence electrons. The van der Waals surface area contributed by atoms with Crippen LogP contribution in [0.4, 0.5) is 13.2 Å². The van der Waals surface area contributed by atoms with E-state index >= 15 is 0 Å². The van der Waals surface area contributed by atoms with Gasteiger partial charge in [-0.25, -0.2) is 9.78 Å². The fourth-order valence-corrected chi connectivity index (χ4v) is 3.80. The minimum absolute atomic E-state index is 0.00425. The molecule has 1 atom stereocenters. The van der Waals surface area contributed by atoms with Gasteiger partial charge in [0.1, 0.15) is 0 Å². The molecule has 0 aliphatic heterocycles. The van der Waals surface area contributed by atoms with Gasteiger partial charge in [-0.2, -0.15) is 22.9 Å². The first kappa shape index (κ1) is 26.7. The van der Waals surface area contributed by atoms with Crippen molar-refractivity contribution in [1.29, 1.82) is 0 Å². The highest BCUT2D eigenvalue weighted by Gasteiger charge is 2.31. The van der Waals surface area contributed by atoms with Gasteiger partial charge in [0.15, 0.2) is 23.4 Å². The molecular formula is C26H19ClF3N3O5. The first-order valence-electron chi connectivity index (χ1n) is 11.0. The number of halogens is 4. The maximum atomic E-state index is 13.4. The van der Waals surface area contributed by atoms with Crippen molar-refractivity contribution in [2.45, 2.75) is 19.2 Å². The zero-order chi connectivity index (χ0) is 27.6. The van der Waals surface area contributed by atoms with Crippen LogP contribution >= 0.6 is 11.6 Å². The molecule has 0 aliphatic carbocycles. The average Bonchev–Trinajstić information content (AvgIpc) is 2.88. The molecule has 4 aromatic rings. The van der Waals surface area contributed by atoms with Crippen molar-refractivity contribution in [1.82, 2.24) is 9.66 Å². The summed E-state index contributed by atoms with van der Waals surface area (Å²) >= 11 is 6.29. The van der Waals surface area contributed by atoms with Crippen molar-refractivity contribution in [3.8, 4) is 22.9 Å². The van der Waals surface area contributed by atoms with E-state index in [1.54, 1.807) is 18.2 Å². The number of para-hydroxylation sites is 1. The summed E-state index contributed by atoms with van der Waals surface area (Å²) in [6.07, 6.45) is -4.57. The number of carbonyl (C=O) groups is 1. The Morgan fingerprint density at radius 2 is 1.89 bits per heavy atom. The van der Waals surface area contributed by atoms with Crippen molar-refractivity contribution < 1.29 is 32.5 Å². The van der Waals surface area contributed by atoms with Crippen LogP contribution in [0.5, 0.6) is 11.5 Å². The molecule has 0 radical (unpaired) electrons. The Morgan fingerprint density at radius 1 is 1.16 bits per heavy atom. The highest BCUT2D eigenvalue weighted by atomic mass is 35.5. The minimum atomic E-state index is -4.60. The topological polar surface area (TPSA) is 103 Å². The molecule has 12 heteroatoms. The van der Waals surface area contributed by atoms with E-state index in [1.807, 2.05) is 0 Å². The van der Waals surface area contributed by atoms with E-state index in [2.05, 4.69) is 10.1 Å². The molecule has 1 aromatic heterocycles. The van der Waals surface area contributed by atoms with Gasteiger partial charge in [-0.15, -0.1) is 0 Å². The lowest BCUT2D eigenvalue weighted by Gasteiger charge is -2.16. The molecule has 0 bridgehead atoms. The van der Waals surface area contributed by atoms with Gasteiger partial charge in [0.05, 0.1) is 34.8 Å². The van der Waals surface area contributed by atoms with Crippen molar-refractivity contribution in [3.63, 3.8) is 0 Å². The molecule has 0 spiro atoms. The summed E-state index contributed by atoms with van der Waals surface area (Å²) in [4.78, 5) is 28.9. The van der Waals surface area contributed by atoms with Gasteiger partial charge in [-0.05, 0) is 48.9 Å². The molecule has 8 nitrogen and oxygen atoms in total. The molecule has 3 aromatic carbocycles. The molecule has 0 saturated carbocycles. The van der Waals surface area contributed by atoms with E-state index in [9.17, 15) is 22.8 Å². The number of aliphatic carboxylic acids is 1. The summed E-state index contributed by atoms with van der Waals surface area (Å²) in [5, 5.41) is 13.6. The zero-order valence-corrected chi connectivity index (χ0v) is 20.6. The van der Waals surface area contributed by atoms with E-state index in [4.69, 9.17) is 26.2 Å². The second-order valence-corrected chi connectivity index (χ2v) is 8.43. The van der Waals surface area contributed by atoms with Crippen molar-refractivity contribution >= 4 is 34.7 Å².